The zero-order valence-electron chi connectivity index (χ0n) is 15.5. The second-order valence-corrected chi connectivity index (χ2v) is 5.86. The van der Waals surface area contributed by atoms with E-state index in [2.05, 4.69) is 4.98 Å². The van der Waals surface area contributed by atoms with Crippen LogP contribution in [-0.2, 0) is 4.74 Å². The number of benzene rings is 1. The highest BCUT2D eigenvalue weighted by molar-refractivity contribution is 6.03. The van der Waals surface area contributed by atoms with Gasteiger partial charge in [-0.1, -0.05) is 6.92 Å². The predicted octanol–water partition coefficient (Wildman–Crippen LogP) is 3.66. The largest absolute Gasteiger partial charge is 0.485 e. The summed E-state index contributed by atoms with van der Waals surface area (Å²) < 4.78 is 10.5. The molecule has 1 N–H and O–H groups in total. The highest BCUT2D eigenvalue weighted by Gasteiger charge is 2.23. The molecule has 1 heterocycles. The monoisotopic (exact) mass is 357 g/mol. The van der Waals surface area contributed by atoms with Gasteiger partial charge in [0.2, 0.25) is 5.78 Å². The van der Waals surface area contributed by atoms with E-state index in [4.69, 9.17) is 9.47 Å². The molecule has 138 valence electrons. The van der Waals surface area contributed by atoms with E-state index < -0.39 is 5.97 Å². The molecule has 0 aliphatic rings. The molecule has 0 aliphatic carbocycles. The first-order chi connectivity index (χ1) is 12.4. The van der Waals surface area contributed by atoms with E-state index >= 15 is 0 Å². The Morgan fingerprint density at radius 2 is 1.65 bits per heavy atom. The van der Waals surface area contributed by atoms with Gasteiger partial charge < -0.3 is 14.5 Å². The van der Waals surface area contributed by atoms with E-state index in [0.717, 1.165) is 0 Å². The van der Waals surface area contributed by atoms with Gasteiger partial charge in [-0.25, -0.2) is 4.79 Å². The lowest BCUT2D eigenvalue weighted by molar-refractivity contribution is 0.0519. The van der Waals surface area contributed by atoms with Crippen molar-refractivity contribution < 1.29 is 23.9 Å². The fraction of sp³-hybridized carbons (Fsp3) is 0.350. The van der Waals surface area contributed by atoms with Crippen molar-refractivity contribution in [3.63, 3.8) is 0 Å². The Morgan fingerprint density at radius 1 is 1.00 bits per heavy atom. The van der Waals surface area contributed by atoms with E-state index in [-0.39, 0.29) is 30.5 Å². The minimum atomic E-state index is -0.482. The number of carbonyl (C=O) groups excluding carboxylic acids is 3. The van der Waals surface area contributed by atoms with Gasteiger partial charge in [0, 0.05) is 23.2 Å². The SMILES string of the molecule is CCOC(=O)c1[nH]c(C)c(C(=O)COc2ccc(C(=O)CC)cc2)c1C. The van der Waals surface area contributed by atoms with E-state index in [1.807, 2.05) is 0 Å². The Morgan fingerprint density at radius 3 is 2.23 bits per heavy atom. The van der Waals surface area contributed by atoms with Gasteiger partial charge in [-0.3, -0.25) is 9.59 Å². The van der Waals surface area contributed by atoms with E-state index in [9.17, 15) is 14.4 Å². The van der Waals surface area contributed by atoms with Crippen LogP contribution in [0.5, 0.6) is 5.75 Å². The van der Waals surface area contributed by atoms with Gasteiger partial charge in [-0.2, -0.15) is 0 Å². The molecule has 0 saturated heterocycles. The van der Waals surface area contributed by atoms with Crippen molar-refractivity contribution in [3.8, 4) is 5.75 Å². The van der Waals surface area contributed by atoms with E-state index in [0.29, 0.717) is 34.6 Å². The molecule has 6 heteroatoms. The van der Waals surface area contributed by atoms with Gasteiger partial charge in [0.15, 0.2) is 12.4 Å². The maximum absolute atomic E-state index is 12.5. The molecule has 0 unspecified atom stereocenters. The molecule has 0 saturated carbocycles. The number of esters is 1. The van der Waals surface area contributed by atoms with E-state index in [1.165, 1.54) is 0 Å². The molecular formula is C20H23NO5. The van der Waals surface area contributed by atoms with Crippen LogP contribution in [0.3, 0.4) is 0 Å². The molecule has 1 aromatic carbocycles. The van der Waals surface area contributed by atoms with Crippen molar-refractivity contribution in [1.29, 1.82) is 0 Å². The number of hydrogen-bond donors (Lipinski definition) is 1. The summed E-state index contributed by atoms with van der Waals surface area (Å²) in [5, 5.41) is 0. The van der Waals surface area contributed by atoms with E-state index in [1.54, 1.807) is 52.0 Å². The normalized spacial score (nSPS) is 10.5. The first kappa shape index (κ1) is 19.4. The third-order valence-electron chi connectivity index (χ3n) is 4.06. The highest BCUT2D eigenvalue weighted by atomic mass is 16.5. The number of carbonyl (C=O) groups is 3. The third-order valence-corrected chi connectivity index (χ3v) is 4.06. The number of ketones is 2. The lowest BCUT2D eigenvalue weighted by Gasteiger charge is -2.07. The molecule has 1 aromatic heterocycles. The van der Waals surface area contributed by atoms with Crippen LogP contribution >= 0.6 is 0 Å². The molecular weight excluding hydrogens is 334 g/mol. The summed E-state index contributed by atoms with van der Waals surface area (Å²) in [7, 11) is 0. The molecule has 0 spiro atoms. The molecule has 26 heavy (non-hydrogen) atoms. The fourth-order valence-electron chi connectivity index (χ4n) is 2.74. The lowest BCUT2D eigenvalue weighted by Crippen LogP contribution is -2.14. The number of rotatable bonds is 8. The van der Waals surface area contributed by atoms with Crippen LogP contribution in [0.1, 0.15) is 62.7 Å². The fourth-order valence-corrected chi connectivity index (χ4v) is 2.74. The van der Waals surface area contributed by atoms with Crippen molar-refractivity contribution in [2.45, 2.75) is 34.1 Å². The summed E-state index contributed by atoms with van der Waals surface area (Å²) in [5.74, 6) is -0.162. The molecule has 0 fully saturated rings. The van der Waals surface area contributed by atoms with Gasteiger partial charge in [-0.05, 0) is 50.6 Å². The smallest absolute Gasteiger partial charge is 0.355 e. The predicted molar refractivity (Wildman–Crippen MR) is 97.1 cm³/mol. The zero-order valence-corrected chi connectivity index (χ0v) is 15.5. The number of ether oxygens (including phenoxy) is 2. The summed E-state index contributed by atoms with van der Waals surface area (Å²) in [5.41, 5.74) is 2.49. The standard InChI is InChI=1S/C20H23NO5/c1-5-16(22)14-7-9-15(10-8-14)26-11-17(23)18-12(3)19(21-13(18)4)20(24)25-6-2/h7-10,21H,5-6,11H2,1-4H3. The van der Waals surface area contributed by atoms with Crippen LogP contribution in [0.4, 0.5) is 0 Å². The molecule has 6 nitrogen and oxygen atoms in total. The Balaban J connectivity index is 2.08. The Kier molecular flexibility index (Phi) is 6.33. The average Bonchev–Trinajstić information content (AvgIpc) is 2.94. The Hall–Kier alpha value is -2.89. The summed E-state index contributed by atoms with van der Waals surface area (Å²) in [6.45, 7) is 7.06. The quantitative estimate of drug-likeness (QED) is 0.575. The maximum Gasteiger partial charge on any atom is 0.355 e. The topological polar surface area (TPSA) is 85.5 Å². The molecule has 2 aromatic rings. The molecule has 2 rings (SSSR count). The number of aromatic amines is 1. The second kappa shape index (κ2) is 8.47. The summed E-state index contributed by atoms with van der Waals surface area (Å²) >= 11 is 0. The molecule has 0 bridgehead atoms. The number of aromatic nitrogens is 1. The van der Waals surface area contributed by atoms with Crippen LogP contribution in [-0.4, -0.2) is 35.7 Å². The zero-order chi connectivity index (χ0) is 19.3. The summed E-state index contributed by atoms with van der Waals surface area (Å²) in [6, 6.07) is 6.68. The highest BCUT2D eigenvalue weighted by Crippen LogP contribution is 2.20. The van der Waals surface area contributed by atoms with Gasteiger partial charge in [-0.15, -0.1) is 0 Å². The molecule has 0 amide bonds. The third kappa shape index (κ3) is 4.20. The van der Waals surface area contributed by atoms with Crippen LogP contribution in [0, 0.1) is 13.8 Å². The first-order valence-electron chi connectivity index (χ1n) is 8.54. The number of hydrogen-bond acceptors (Lipinski definition) is 5. The minimum Gasteiger partial charge on any atom is -0.485 e. The van der Waals surface area contributed by atoms with Gasteiger partial charge in [0.25, 0.3) is 0 Å². The lowest BCUT2D eigenvalue weighted by atomic mass is 10.1. The number of nitrogens with one attached hydrogen (secondary N) is 1. The van der Waals surface area contributed by atoms with Crippen molar-refractivity contribution in [3.05, 3.63) is 52.3 Å². The summed E-state index contributed by atoms with van der Waals surface area (Å²) in [4.78, 5) is 39.0. The number of aryl methyl sites for hydroxylation is 1. The minimum absolute atomic E-state index is 0.0534. The van der Waals surface area contributed by atoms with Crippen LogP contribution in [0.2, 0.25) is 0 Å². The van der Waals surface area contributed by atoms with Crippen LogP contribution < -0.4 is 4.74 Å². The summed E-state index contributed by atoms with van der Waals surface area (Å²) in [6.07, 6.45) is 0.438. The van der Waals surface area contributed by atoms with Gasteiger partial charge >= 0.3 is 5.97 Å². The van der Waals surface area contributed by atoms with Crippen LogP contribution in [0.25, 0.3) is 0 Å². The van der Waals surface area contributed by atoms with Gasteiger partial charge in [0.05, 0.1) is 6.61 Å². The van der Waals surface area contributed by atoms with Crippen molar-refractivity contribution in [1.82, 2.24) is 4.98 Å². The second-order valence-electron chi connectivity index (χ2n) is 5.86. The van der Waals surface area contributed by atoms with Crippen molar-refractivity contribution in [2.75, 3.05) is 13.2 Å². The Bertz CT molecular complexity index is 817. The Labute approximate surface area is 152 Å². The number of H-pyrrole nitrogens is 1. The van der Waals surface area contributed by atoms with Crippen LogP contribution in [0.15, 0.2) is 24.3 Å². The first-order valence-corrected chi connectivity index (χ1v) is 8.54. The molecule has 0 aliphatic heterocycles. The average molecular weight is 357 g/mol. The molecule has 0 radical (unpaired) electrons. The molecule has 0 atom stereocenters. The van der Waals surface area contributed by atoms with Crippen molar-refractivity contribution >= 4 is 17.5 Å². The maximum atomic E-state index is 12.5. The number of Topliss-reactive ketones (excluding diaryl/α,β-unsaturated/α-hetero) is 2. The van der Waals surface area contributed by atoms with Crippen molar-refractivity contribution in [2.24, 2.45) is 0 Å². The van der Waals surface area contributed by atoms with Gasteiger partial charge in [0.1, 0.15) is 11.4 Å².